The molecule has 2 saturated carbocycles. The van der Waals surface area contributed by atoms with Crippen LogP contribution in [0.1, 0.15) is 31.4 Å². The minimum Gasteiger partial charge on any atom is -0.343 e. The van der Waals surface area contributed by atoms with Crippen molar-refractivity contribution >= 4 is 28.5 Å². The molecule has 4 nitrogen and oxygen atoms in total. The molecule has 0 aliphatic heterocycles. The highest BCUT2D eigenvalue weighted by atomic mass is 127. The first-order valence-corrected chi connectivity index (χ1v) is 6.87. The van der Waals surface area contributed by atoms with E-state index in [1.54, 1.807) is 0 Å². The van der Waals surface area contributed by atoms with Crippen molar-refractivity contribution in [1.82, 2.24) is 10.3 Å². The molecular weight excluding hydrogens is 329 g/mol. The van der Waals surface area contributed by atoms with Crippen molar-refractivity contribution in [3.8, 4) is 0 Å². The molecule has 1 aromatic rings. The fourth-order valence-electron chi connectivity index (χ4n) is 1.95. The van der Waals surface area contributed by atoms with Crippen molar-refractivity contribution in [2.75, 3.05) is 0 Å². The number of nitrogens with zero attached hydrogens (tertiary/aromatic N) is 1. The van der Waals surface area contributed by atoms with Gasteiger partial charge in [-0.2, -0.15) is 0 Å². The van der Waals surface area contributed by atoms with Crippen molar-refractivity contribution in [2.24, 2.45) is 5.73 Å². The molecule has 0 bridgehead atoms. The number of hydrogen-bond acceptors (Lipinski definition) is 3. The van der Waals surface area contributed by atoms with Crippen LogP contribution in [-0.2, 0) is 10.3 Å². The molecule has 2 aliphatic rings. The summed E-state index contributed by atoms with van der Waals surface area (Å²) in [6.07, 6.45) is 3.52. The van der Waals surface area contributed by atoms with E-state index in [4.69, 9.17) is 5.73 Å². The zero-order valence-electron chi connectivity index (χ0n) is 9.37. The van der Waals surface area contributed by atoms with Crippen LogP contribution in [-0.4, -0.2) is 16.4 Å². The fourth-order valence-corrected chi connectivity index (χ4v) is 2.42. The molecule has 0 saturated heterocycles. The van der Waals surface area contributed by atoms with Crippen LogP contribution in [0, 0.1) is 3.70 Å². The Hall–Kier alpha value is -0.690. The molecule has 2 fully saturated rings. The molecule has 1 heterocycles. The lowest BCUT2D eigenvalue weighted by atomic mass is 10.1. The van der Waals surface area contributed by atoms with Crippen molar-refractivity contribution in [2.45, 2.75) is 36.8 Å². The van der Waals surface area contributed by atoms with Crippen LogP contribution in [0.2, 0.25) is 0 Å². The maximum Gasteiger partial charge on any atom is 0.240 e. The van der Waals surface area contributed by atoms with Gasteiger partial charge in [-0.15, -0.1) is 0 Å². The fraction of sp³-hybridized carbons (Fsp3) is 0.500. The van der Waals surface area contributed by atoms with Crippen molar-refractivity contribution < 1.29 is 4.79 Å². The lowest BCUT2D eigenvalue weighted by Crippen LogP contribution is -2.47. The van der Waals surface area contributed by atoms with Crippen molar-refractivity contribution in [1.29, 1.82) is 0 Å². The standard InChI is InChI=1S/C12H14IN3O/c13-9-3-1-2-8(15-9)12(6-7-12)16-10(17)11(14)4-5-11/h1-3H,4-7,14H2,(H,16,17). The summed E-state index contributed by atoms with van der Waals surface area (Å²) < 4.78 is 0.953. The van der Waals surface area contributed by atoms with Gasteiger partial charge in [-0.1, -0.05) is 6.07 Å². The van der Waals surface area contributed by atoms with E-state index < -0.39 is 5.54 Å². The third-order valence-electron chi connectivity index (χ3n) is 3.55. The molecule has 3 N–H and O–H groups in total. The zero-order valence-corrected chi connectivity index (χ0v) is 11.5. The summed E-state index contributed by atoms with van der Waals surface area (Å²) in [4.78, 5) is 16.5. The Kier molecular flexibility index (Phi) is 2.45. The Morgan fingerprint density at radius 2 is 2.06 bits per heavy atom. The molecule has 90 valence electrons. The van der Waals surface area contributed by atoms with Crippen LogP contribution < -0.4 is 11.1 Å². The number of nitrogens with one attached hydrogen (secondary N) is 1. The van der Waals surface area contributed by atoms with Crippen LogP contribution in [0.4, 0.5) is 0 Å². The smallest absolute Gasteiger partial charge is 0.240 e. The summed E-state index contributed by atoms with van der Waals surface area (Å²) in [5.41, 5.74) is 6.02. The Morgan fingerprint density at radius 3 is 2.59 bits per heavy atom. The van der Waals surface area contributed by atoms with Crippen molar-refractivity contribution in [3.63, 3.8) is 0 Å². The second-order valence-corrected chi connectivity index (χ2v) is 6.14. The molecule has 0 radical (unpaired) electrons. The Bertz CT molecular complexity index is 480. The van der Waals surface area contributed by atoms with E-state index in [-0.39, 0.29) is 11.4 Å². The van der Waals surface area contributed by atoms with Gasteiger partial charge in [-0.3, -0.25) is 4.79 Å². The lowest BCUT2D eigenvalue weighted by molar-refractivity contribution is -0.124. The highest BCUT2D eigenvalue weighted by Crippen LogP contribution is 2.46. The summed E-state index contributed by atoms with van der Waals surface area (Å²) >= 11 is 2.19. The number of hydrogen-bond donors (Lipinski definition) is 2. The van der Waals surface area contributed by atoms with E-state index in [9.17, 15) is 4.79 Å². The SMILES string of the molecule is NC1(C(=O)NC2(c3cccc(I)n3)CC2)CC1. The summed E-state index contributed by atoms with van der Waals surface area (Å²) in [5, 5.41) is 3.08. The third-order valence-corrected chi connectivity index (χ3v) is 4.15. The average Bonchev–Trinajstić information content (AvgIpc) is 3.17. The first-order chi connectivity index (χ1) is 8.04. The van der Waals surface area contributed by atoms with Crippen LogP contribution in [0.15, 0.2) is 18.2 Å². The molecule has 0 atom stereocenters. The Morgan fingerprint density at radius 1 is 1.35 bits per heavy atom. The largest absolute Gasteiger partial charge is 0.343 e. The minimum atomic E-state index is -0.600. The summed E-state index contributed by atoms with van der Waals surface area (Å²) in [7, 11) is 0. The third kappa shape index (κ3) is 2.06. The normalized spacial score (nSPS) is 22.9. The molecule has 2 aliphatic carbocycles. The first kappa shape index (κ1) is 11.4. The molecule has 0 spiro atoms. The monoisotopic (exact) mass is 343 g/mol. The van der Waals surface area contributed by atoms with E-state index in [0.717, 1.165) is 35.1 Å². The van der Waals surface area contributed by atoms with Gasteiger partial charge >= 0.3 is 0 Å². The number of rotatable bonds is 3. The van der Waals surface area contributed by atoms with Crippen LogP contribution in [0.5, 0.6) is 0 Å². The number of carbonyl (C=O) groups excluding carboxylic acids is 1. The second-order valence-electron chi connectivity index (χ2n) is 5.04. The maximum absolute atomic E-state index is 12.0. The highest BCUT2D eigenvalue weighted by Gasteiger charge is 2.53. The molecule has 1 amide bonds. The minimum absolute atomic E-state index is 0.0179. The number of nitrogens with two attached hydrogens (primary N) is 1. The van der Waals surface area contributed by atoms with Gasteiger partial charge in [0, 0.05) is 0 Å². The molecule has 5 heteroatoms. The summed E-state index contributed by atoms with van der Waals surface area (Å²) in [6, 6.07) is 5.91. The van der Waals surface area contributed by atoms with Gasteiger partial charge in [0.2, 0.25) is 5.91 Å². The first-order valence-electron chi connectivity index (χ1n) is 5.79. The highest BCUT2D eigenvalue weighted by molar-refractivity contribution is 14.1. The quantitative estimate of drug-likeness (QED) is 0.642. The number of amides is 1. The number of carbonyl (C=O) groups is 1. The number of aromatic nitrogens is 1. The van der Waals surface area contributed by atoms with Gasteiger partial charge in [0.15, 0.2) is 0 Å². The molecule has 0 aromatic carbocycles. The molecule has 1 aromatic heterocycles. The molecule has 0 unspecified atom stereocenters. The Labute approximate surface area is 114 Å². The van der Waals surface area contributed by atoms with Crippen molar-refractivity contribution in [3.05, 3.63) is 27.6 Å². The van der Waals surface area contributed by atoms with E-state index in [1.807, 2.05) is 18.2 Å². The maximum atomic E-state index is 12.0. The van der Waals surface area contributed by atoms with E-state index in [0.29, 0.717) is 0 Å². The molecule has 17 heavy (non-hydrogen) atoms. The topological polar surface area (TPSA) is 68.0 Å². The predicted molar refractivity (Wildman–Crippen MR) is 72.2 cm³/mol. The van der Waals surface area contributed by atoms with Crippen LogP contribution in [0.3, 0.4) is 0 Å². The zero-order chi connectivity index (χ0) is 12.1. The second kappa shape index (κ2) is 3.65. The number of pyridine rings is 1. The summed E-state index contributed by atoms with van der Waals surface area (Å²) in [6.45, 7) is 0. The Balaban J connectivity index is 1.80. The van der Waals surface area contributed by atoms with Crippen LogP contribution >= 0.6 is 22.6 Å². The summed E-state index contributed by atoms with van der Waals surface area (Å²) in [5.74, 6) is -0.0179. The van der Waals surface area contributed by atoms with Gasteiger partial charge in [-0.05, 0) is 60.4 Å². The lowest BCUT2D eigenvalue weighted by Gasteiger charge is -2.19. The van der Waals surface area contributed by atoms with Gasteiger partial charge in [0.05, 0.1) is 16.8 Å². The van der Waals surface area contributed by atoms with Gasteiger partial charge in [0.1, 0.15) is 3.70 Å². The van der Waals surface area contributed by atoms with E-state index >= 15 is 0 Å². The van der Waals surface area contributed by atoms with E-state index in [1.165, 1.54) is 0 Å². The predicted octanol–water partition coefficient (Wildman–Crippen LogP) is 1.28. The van der Waals surface area contributed by atoms with Gasteiger partial charge in [0.25, 0.3) is 0 Å². The van der Waals surface area contributed by atoms with Crippen LogP contribution in [0.25, 0.3) is 0 Å². The average molecular weight is 343 g/mol. The molecular formula is C12H14IN3O. The van der Waals surface area contributed by atoms with Gasteiger partial charge in [-0.25, -0.2) is 4.98 Å². The number of halogens is 1. The molecule has 3 rings (SSSR count). The van der Waals surface area contributed by atoms with E-state index in [2.05, 4.69) is 32.9 Å². The van der Waals surface area contributed by atoms with Gasteiger partial charge < -0.3 is 11.1 Å².